The molecule has 1 aromatic heterocycles. The van der Waals surface area contributed by atoms with Crippen molar-refractivity contribution in [3.63, 3.8) is 0 Å². The molecular weight excluding hydrogens is 540 g/mol. The van der Waals surface area contributed by atoms with Crippen molar-refractivity contribution in [2.75, 3.05) is 19.7 Å². The highest BCUT2D eigenvalue weighted by Gasteiger charge is 2.63. The van der Waals surface area contributed by atoms with Gasteiger partial charge in [0.1, 0.15) is 30.3 Å². The number of benzene rings is 2. The summed E-state index contributed by atoms with van der Waals surface area (Å²) in [4.78, 5) is 29.1. The van der Waals surface area contributed by atoms with Crippen molar-refractivity contribution in [2.45, 2.75) is 50.7 Å². The molecule has 1 aliphatic heterocycles. The lowest BCUT2D eigenvalue weighted by molar-refractivity contribution is -0.903. The third-order valence-electron chi connectivity index (χ3n) is 8.05. The number of rotatable bonds is 8. The molecule has 209 valence electrons. The van der Waals surface area contributed by atoms with Gasteiger partial charge in [-0.15, -0.1) is 11.3 Å². The standard InChI is InChI=1S/C29H29F2N3O5S/c1-18(26-33-25(15-40-26)21-7-5-20(14-32)6-8-21)29(38,23-13-22(30)9-10-24(23)31)16-34(27(36)37)12-4-11-28(34,3)17-39-19(2)35/h5-10,13,15,18,38H,4,11-12,16-17H2,1-3H3/q+1/t18-,28-,29+,34?/m0/s1. The largest absolute Gasteiger partial charge is 0.557 e. The molecule has 40 heavy (non-hydrogen) atoms. The Bertz CT molecular complexity index is 1470. The lowest BCUT2D eigenvalue weighted by atomic mass is 9.79. The first-order chi connectivity index (χ1) is 18.8. The molecule has 1 radical (unpaired) electrons. The van der Waals surface area contributed by atoms with Gasteiger partial charge in [0.2, 0.25) is 0 Å². The molecule has 1 fully saturated rings. The highest BCUT2D eigenvalue weighted by atomic mass is 32.1. The molecule has 0 aliphatic carbocycles. The Morgan fingerprint density at radius 1 is 1.27 bits per heavy atom. The third kappa shape index (κ3) is 5.22. The van der Waals surface area contributed by atoms with Gasteiger partial charge in [0.05, 0.1) is 28.9 Å². The summed E-state index contributed by atoms with van der Waals surface area (Å²) >= 11 is 1.18. The number of ether oxygens (including phenoxy) is 1. The van der Waals surface area contributed by atoms with Crippen LogP contribution in [-0.2, 0) is 20.2 Å². The van der Waals surface area contributed by atoms with Crippen molar-refractivity contribution >= 4 is 23.4 Å². The van der Waals surface area contributed by atoms with E-state index < -0.39 is 57.3 Å². The predicted octanol–water partition coefficient (Wildman–Crippen LogP) is 5.43. The maximum Gasteiger partial charge on any atom is 0.557 e. The molecule has 1 saturated heterocycles. The van der Waals surface area contributed by atoms with Crippen LogP contribution in [0.15, 0.2) is 47.8 Å². The van der Waals surface area contributed by atoms with E-state index in [0.717, 1.165) is 18.2 Å². The van der Waals surface area contributed by atoms with Crippen LogP contribution in [0.5, 0.6) is 0 Å². The van der Waals surface area contributed by atoms with E-state index in [1.54, 1.807) is 43.5 Å². The van der Waals surface area contributed by atoms with E-state index in [1.807, 2.05) is 6.07 Å². The average molecular weight is 570 g/mol. The monoisotopic (exact) mass is 569 g/mol. The van der Waals surface area contributed by atoms with Gasteiger partial charge in [-0.3, -0.25) is 4.79 Å². The predicted molar refractivity (Wildman–Crippen MR) is 141 cm³/mol. The quantitative estimate of drug-likeness (QED) is 0.285. The summed E-state index contributed by atoms with van der Waals surface area (Å²) < 4.78 is 34.2. The number of quaternary nitrogens is 1. The van der Waals surface area contributed by atoms with Gasteiger partial charge in [-0.2, -0.15) is 15.2 Å². The SMILES string of the molecule is CC(=O)OC[C@]1(C)CCC[N+]1(C[C@](O)(c1cc(F)ccc1F)[C@@H](C)c1nc(-c2ccc(C#N)cc2)cs1)C([O])=O. The van der Waals surface area contributed by atoms with Crippen LogP contribution in [0.3, 0.4) is 0 Å². The minimum Gasteiger partial charge on any atom is -0.459 e. The lowest BCUT2D eigenvalue weighted by Crippen LogP contribution is -2.68. The molecule has 0 bridgehead atoms. The fourth-order valence-electron chi connectivity index (χ4n) is 5.55. The van der Waals surface area contributed by atoms with Crippen molar-refractivity contribution in [1.82, 2.24) is 4.98 Å². The first kappa shape index (κ1) is 29.3. The Hall–Kier alpha value is -3.72. The van der Waals surface area contributed by atoms with Crippen molar-refractivity contribution < 1.29 is 37.8 Å². The maximum atomic E-state index is 15.3. The number of carbonyl (C=O) groups excluding carboxylic acids is 2. The average Bonchev–Trinajstić information content (AvgIpc) is 3.54. The molecule has 2 heterocycles. The normalized spacial score (nSPS) is 22.7. The van der Waals surface area contributed by atoms with Gasteiger partial charge in [0.25, 0.3) is 0 Å². The van der Waals surface area contributed by atoms with Crippen molar-refractivity contribution in [3.8, 4) is 17.3 Å². The van der Waals surface area contributed by atoms with Crippen LogP contribution in [0.2, 0.25) is 0 Å². The molecule has 4 atom stereocenters. The van der Waals surface area contributed by atoms with Crippen LogP contribution in [0, 0.1) is 23.0 Å². The smallest absolute Gasteiger partial charge is 0.459 e. The zero-order chi connectivity index (χ0) is 29.3. The first-order valence-corrected chi connectivity index (χ1v) is 13.6. The number of hydrogen-bond acceptors (Lipinski definition) is 7. The Morgan fingerprint density at radius 2 is 1.98 bits per heavy atom. The molecule has 1 aliphatic rings. The Morgan fingerprint density at radius 3 is 2.60 bits per heavy atom. The van der Waals surface area contributed by atoms with E-state index in [2.05, 4.69) is 4.98 Å². The molecule has 4 rings (SSSR count). The van der Waals surface area contributed by atoms with Crippen molar-refractivity contribution in [1.29, 1.82) is 5.26 Å². The number of thiazole rings is 1. The second kappa shape index (κ2) is 11.0. The van der Waals surface area contributed by atoms with Crippen LogP contribution in [0.1, 0.15) is 55.7 Å². The number of hydrogen-bond donors (Lipinski definition) is 1. The summed E-state index contributed by atoms with van der Waals surface area (Å²) in [5.41, 5.74) is -2.13. The first-order valence-electron chi connectivity index (χ1n) is 12.7. The van der Waals surface area contributed by atoms with Crippen LogP contribution >= 0.6 is 11.3 Å². The molecule has 11 heteroatoms. The van der Waals surface area contributed by atoms with Crippen LogP contribution in [0.4, 0.5) is 13.6 Å². The lowest BCUT2D eigenvalue weighted by Gasteiger charge is -2.46. The topological polar surface area (TPSA) is 120 Å². The number of nitrogens with zero attached hydrogens (tertiary/aromatic N) is 3. The molecule has 1 unspecified atom stereocenters. The highest BCUT2D eigenvalue weighted by molar-refractivity contribution is 7.10. The number of halogens is 2. The van der Waals surface area contributed by atoms with Gasteiger partial charge >= 0.3 is 12.1 Å². The highest BCUT2D eigenvalue weighted by Crippen LogP contribution is 2.47. The van der Waals surface area contributed by atoms with Crippen LogP contribution in [-0.4, -0.2) is 51.9 Å². The molecule has 2 aromatic carbocycles. The number of nitriles is 1. The van der Waals surface area contributed by atoms with Gasteiger partial charge in [-0.25, -0.2) is 18.2 Å². The summed E-state index contributed by atoms with van der Waals surface area (Å²) in [7, 11) is 0. The van der Waals surface area contributed by atoms with E-state index in [-0.39, 0.29) is 13.2 Å². The van der Waals surface area contributed by atoms with E-state index in [4.69, 9.17) is 10.00 Å². The summed E-state index contributed by atoms with van der Waals surface area (Å²) in [6.07, 6.45) is -0.765. The van der Waals surface area contributed by atoms with Gasteiger partial charge < -0.3 is 9.84 Å². The minimum atomic E-state index is -2.26. The number of likely N-dealkylation sites (tertiary alicyclic amines) is 1. The van der Waals surface area contributed by atoms with Crippen molar-refractivity contribution in [2.24, 2.45) is 0 Å². The van der Waals surface area contributed by atoms with Gasteiger partial charge in [-0.1, -0.05) is 19.1 Å². The fraction of sp³-hybridized carbons (Fsp3) is 0.379. The molecule has 1 amide bonds. The second-order valence-electron chi connectivity index (χ2n) is 10.5. The van der Waals surface area contributed by atoms with E-state index in [1.165, 1.54) is 18.3 Å². The molecule has 3 aromatic rings. The number of aliphatic hydroxyl groups is 1. The molecule has 8 nitrogen and oxygen atoms in total. The Balaban J connectivity index is 1.82. The number of esters is 1. The van der Waals surface area contributed by atoms with Gasteiger partial charge in [-0.05, 0) is 37.3 Å². The summed E-state index contributed by atoms with van der Waals surface area (Å²) in [5, 5.41) is 36.4. The molecular formula is C29H29F2N3O5S+. The summed E-state index contributed by atoms with van der Waals surface area (Å²) in [5.74, 6) is -3.29. The van der Waals surface area contributed by atoms with Gasteiger partial charge in [0, 0.05) is 42.2 Å². The minimum absolute atomic E-state index is 0.0282. The van der Waals surface area contributed by atoms with E-state index in [9.17, 15) is 24.2 Å². The summed E-state index contributed by atoms with van der Waals surface area (Å²) in [6, 6.07) is 11.4. The molecule has 1 N–H and O–H groups in total. The van der Waals surface area contributed by atoms with E-state index >= 15 is 4.39 Å². The third-order valence-corrected chi connectivity index (χ3v) is 9.08. The fourth-order valence-corrected chi connectivity index (χ4v) is 6.52. The number of aromatic nitrogens is 1. The maximum absolute atomic E-state index is 15.3. The van der Waals surface area contributed by atoms with Gasteiger partial charge in [0.15, 0.2) is 5.60 Å². The second-order valence-corrected chi connectivity index (χ2v) is 11.4. The van der Waals surface area contributed by atoms with E-state index in [0.29, 0.717) is 34.7 Å². The molecule has 0 spiro atoms. The number of carbonyl (C=O) groups is 2. The Labute approximate surface area is 234 Å². The van der Waals surface area contributed by atoms with Crippen LogP contribution < -0.4 is 0 Å². The van der Waals surface area contributed by atoms with Crippen LogP contribution in [0.25, 0.3) is 11.3 Å². The zero-order valence-electron chi connectivity index (χ0n) is 22.3. The zero-order valence-corrected chi connectivity index (χ0v) is 23.1. The molecule has 0 saturated carbocycles. The van der Waals surface area contributed by atoms with Crippen molar-refractivity contribution in [3.05, 3.63) is 75.6 Å². The number of amides is 1. The Kier molecular flexibility index (Phi) is 8.08. The summed E-state index contributed by atoms with van der Waals surface area (Å²) in [6.45, 7) is 3.60.